The van der Waals surface area contributed by atoms with Gasteiger partial charge in [0.2, 0.25) is 5.65 Å². The van der Waals surface area contributed by atoms with E-state index in [1.807, 2.05) is 4.90 Å². The topological polar surface area (TPSA) is 82.1 Å². The third-order valence-electron chi connectivity index (χ3n) is 4.19. The summed E-state index contributed by atoms with van der Waals surface area (Å²) in [5.41, 5.74) is -0.539. The second kappa shape index (κ2) is 5.56. The number of anilines is 1. The molecule has 0 unspecified atom stereocenters. The van der Waals surface area contributed by atoms with Crippen molar-refractivity contribution in [3.63, 3.8) is 0 Å². The molecule has 0 bridgehead atoms. The van der Waals surface area contributed by atoms with Crippen LogP contribution in [0.4, 0.5) is 19.0 Å². The lowest BCUT2D eigenvalue weighted by Gasteiger charge is -2.28. The van der Waals surface area contributed by atoms with Crippen LogP contribution < -0.4 is 10.2 Å². The number of rotatable bonds is 1. The Bertz CT molecular complexity index is 996. The van der Waals surface area contributed by atoms with Gasteiger partial charge in [0.25, 0.3) is 0 Å². The van der Waals surface area contributed by atoms with Crippen molar-refractivity contribution in [3.05, 3.63) is 29.6 Å². The second-order valence-electron chi connectivity index (χ2n) is 5.69. The second-order valence-corrected chi connectivity index (χ2v) is 5.69. The van der Waals surface area contributed by atoms with E-state index in [-0.39, 0.29) is 5.52 Å². The molecule has 1 aromatic carbocycles. The van der Waals surface area contributed by atoms with Crippen LogP contribution in [0.15, 0.2) is 18.5 Å². The summed E-state index contributed by atoms with van der Waals surface area (Å²) in [6.45, 7) is 2.95. The van der Waals surface area contributed by atoms with Crippen LogP contribution >= 0.6 is 0 Å². The van der Waals surface area contributed by atoms with Gasteiger partial charge in [0.05, 0.1) is 28.2 Å². The number of benzene rings is 1. The Hall–Kier alpha value is -2.93. The molecule has 3 aromatic rings. The van der Waals surface area contributed by atoms with Crippen molar-refractivity contribution in [2.45, 2.75) is 6.18 Å². The summed E-state index contributed by atoms with van der Waals surface area (Å²) in [6.07, 6.45) is -3.27. The SMILES string of the molecule is N#Cc1cc2nc(N3CCNCC3)c3nncn3c2cc1C(F)(F)F. The number of fused-ring (bicyclic) bond motifs is 3. The van der Waals surface area contributed by atoms with E-state index >= 15 is 0 Å². The van der Waals surface area contributed by atoms with Gasteiger partial charge in [-0.3, -0.25) is 4.40 Å². The molecule has 1 aliphatic rings. The molecule has 0 amide bonds. The van der Waals surface area contributed by atoms with Gasteiger partial charge in [0.15, 0.2) is 5.82 Å². The van der Waals surface area contributed by atoms with E-state index in [1.54, 1.807) is 6.07 Å². The normalized spacial score (nSPS) is 15.7. The molecule has 25 heavy (non-hydrogen) atoms. The molecule has 10 heteroatoms. The van der Waals surface area contributed by atoms with Crippen LogP contribution in [0, 0.1) is 11.3 Å². The largest absolute Gasteiger partial charge is 0.417 e. The third kappa shape index (κ3) is 2.53. The third-order valence-corrected chi connectivity index (χ3v) is 4.19. The summed E-state index contributed by atoms with van der Waals surface area (Å²) < 4.78 is 41.2. The van der Waals surface area contributed by atoms with E-state index in [1.165, 1.54) is 16.8 Å². The fraction of sp³-hybridized carbons (Fsp3) is 0.333. The number of hydrogen-bond acceptors (Lipinski definition) is 6. The van der Waals surface area contributed by atoms with Gasteiger partial charge in [-0.2, -0.15) is 18.4 Å². The first-order chi connectivity index (χ1) is 12.0. The molecule has 4 rings (SSSR count). The number of nitriles is 1. The maximum absolute atomic E-state index is 13.2. The summed E-state index contributed by atoms with van der Waals surface area (Å²) in [7, 11) is 0. The summed E-state index contributed by atoms with van der Waals surface area (Å²) >= 11 is 0. The molecule has 1 aliphatic heterocycles. The van der Waals surface area contributed by atoms with Gasteiger partial charge in [0.1, 0.15) is 6.33 Å². The lowest BCUT2D eigenvalue weighted by atomic mass is 10.1. The van der Waals surface area contributed by atoms with Crippen LogP contribution in [-0.4, -0.2) is 45.8 Å². The summed E-state index contributed by atoms with van der Waals surface area (Å²) in [4.78, 5) is 6.49. The van der Waals surface area contributed by atoms with E-state index in [9.17, 15) is 13.2 Å². The van der Waals surface area contributed by atoms with Crippen molar-refractivity contribution in [3.8, 4) is 6.07 Å². The van der Waals surface area contributed by atoms with E-state index in [4.69, 9.17) is 5.26 Å². The van der Waals surface area contributed by atoms with Crippen molar-refractivity contribution in [2.24, 2.45) is 0 Å². The Morgan fingerprint density at radius 3 is 2.64 bits per heavy atom. The van der Waals surface area contributed by atoms with Crippen molar-refractivity contribution in [2.75, 3.05) is 31.1 Å². The zero-order valence-corrected chi connectivity index (χ0v) is 12.9. The quantitative estimate of drug-likeness (QED) is 0.720. The Morgan fingerprint density at radius 2 is 1.96 bits per heavy atom. The minimum absolute atomic E-state index is 0.213. The first-order valence-electron chi connectivity index (χ1n) is 7.59. The maximum atomic E-state index is 13.2. The van der Waals surface area contributed by atoms with Crippen molar-refractivity contribution < 1.29 is 13.2 Å². The highest BCUT2D eigenvalue weighted by Crippen LogP contribution is 2.35. The molecule has 1 fully saturated rings. The Morgan fingerprint density at radius 1 is 1.20 bits per heavy atom. The highest BCUT2D eigenvalue weighted by molar-refractivity contribution is 5.85. The Labute approximate surface area is 139 Å². The number of nitrogens with one attached hydrogen (secondary N) is 1. The standard InChI is InChI=1S/C15H12F3N7/c16-15(17,18)10-6-12-11(5-9(10)7-19)22-13(14-23-21-8-25(12)14)24-3-1-20-2-4-24/h5-6,8,20H,1-4H2. The summed E-state index contributed by atoms with van der Waals surface area (Å²) in [5.74, 6) is 0.551. The van der Waals surface area contributed by atoms with Crippen LogP contribution in [0.2, 0.25) is 0 Å². The van der Waals surface area contributed by atoms with Crippen molar-refractivity contribution >= 4 is 22.5 Å². The minimum atomic E-state index is -4.63. The van der Waals surface area contributed by atoms with E-state index in [2.05, 4.69) is 20.5 Å². The Kier molecular flexibility index (Phi) is 3.47. The molecule has 0 spiro atoms. The number of hydrogen-bond donors (Lipinski definition) is 1. The number of aromatic nitrogens is 4. The fourth-order valence-electron chi connectivity index (χ4n) is 3.00. The number of alkyl halides is 3. The van der Waals surface area contributed by atoms with E-state index < -0.39 is 17.3 Å². The molecule has 0 saturated carbocycles. The number of nitrogens with zero attached hydrogens (tertiary/aromatic N) is 6. The minimum Gasteiger partial charge on any atom is -0.351 e. The molecule has 2 aromatic heterocycles. The zero-order chi connectivity index (χ0) is 17.6. The maximum Gasteiger partial charge on any atom is 0.417 e. The lowest BCUT2D eigenvalue weighted by molar-refractivity contribution is -0.137. The summed E-state index contributed by atoms with van der Waals surface area (Å²) in [5, 5.41) is 20.2. The van der Waals surface area contributed by atoms with Crippen LogP contribution in [-0.2, 0) is 6.18 Å². The average Bonchev–Trinajstić information content (AvgIpc) is 3.09. The molecule has 0 aliphatic carbocycles. The molecule has 128 valence electrons. The zero-order valence-electron chi connectivity index (χ0n) is 12.9. The van der Waals surface area contributed by atoms with Crippen LogP contribution in [0.3, 0.4) is 0 Å². The van der Waals surface area contributed by atoms with E-state index in [0.717, 1.165) is 19.2 Å². The molecule has 3 heterocycles. The van der Waals surface area contributed by atoms with Gasteiger partial charge in [-0.15, -0.1) is 10.2 Å². The highest BCUT2D eigenvalue weighted by Gasteiger charge is 2.34. The molecular formula is C15H12F3N7. The van der Waals surface area contributed by atoms with Crippen molar-refractivity contribution in [1.29, 1.82) is 5.26 Å². The predicted molar refractivity (Wildman–Crippen MR) is 83.1 cm³/mol. The van der Waals surface area contributed by atoms with Crippen LogP contribution in [0.1, 0.15) is 11.1 Å². The van der Waals surface area contributed by atoms with Gasteiger partial charge in [0, 0.05) is 26.2 Å². The molecule has 1 N–H and O–H groups in total. The van der Waals surface area contributed by atoms with Gasteiger partial charge < -0.3 is 10.2 Å². The highest BCUT2D eigenvalue weighted by atomic mass is 19.4. The number of piperazine rings is 1. The van der Waals surface area contributed by atoms with E-state index in [0.29, 0.717) is 30.1 Å². The molecular weight excluding hydrogens is 335 g/mol. The first-order valence-corrected chi connectivity index (χ1v) is 7.59. The number of halogens is 3. The fourth-order valence-corrected chi connectivity index (χ4v) is 3.00. The molecule has 1 saturated heterocycles. The smallest absolute Gasteiger partial charge is 0.351 e. The van der Waals surface area contributed by atoms with Gasteiger partial charge in [-0.05, 0) is 12.1 Å². The molecule has 7 nitrogen and oxygen atoms in total. The van der Waals surface area contributed by atoms with Crippen molar-refractivity contribution in [1.82, 2.24) is 24.9 Å². The first kappa shape index (κ1) is 15.6. The monoisotopic (exact) mass is 347 g/mol. The summed E-state index contributed by atoms with van der Waals surface area (Å²) in [6, 6.07) is 3.71. The average molecular weight is 347 g/mol. The Balaban J connectivity index is 2.01. The lowest BCUT2D eigenvalue weighted by Crippen LogP contribution is -2.44. The molecule has 0 atom stereocenters. The van der Waals surface area contributed by atoms with Crippen LogP contribution in [0.5, 0.6) is 0 Å². The van der Waals surface area contributed by atoms with Gasteiger partial charge in [-0.1, -0.05) is 0 Å². The molecule has 0 radical (unpaired) electrons. The van der Waals surface area contributed by atoms with Crippen LogP contribution in [0.25, 0.3) is 16.7 Å². The van der Waals surface area contributed by atoms with Gasteiger partial charge >= 0.3 is 6.18 Å². The van der Waals surface area contributed by atoms with Gasteiger partial charge in [-0.25, -0.2) is 4.98 Å². The predicted octanol–water partition coefficient (Wildman–Crippen LogP) is 1.58.